The lowest BCUT2D eigenvalue weighted by Crippen LogP contribution is -2.48. The molecule has 0 bridgehead atoms. The number of amides is 1. The SMILES string of the molecule is CC[C@@H](C)N(C(=O)COC(=O)c1cc(Cl)ccc1N)[C@@H]1CCS(=O)(=O)C1. The molecule has 0 unspecified atom stereocenters. The molecule has 1 aliphatic rings. The van der Waals surface area contributed by atoms with Gasteiger partial charge < -0.3 is 15.4 Å². The Balaban J connectivity index is 2.07. The molecule has 0 aromatic heterocycles. The highest BCUT2D eigenvalue weighted by molar-refractivity contribution is 7.91. The number of ether oxygens (including phenoxy) is 1. The molecule has 1 aliphatic heterocycles. The standard InChI is InChI=1S/C17H23ClN2O5S/c1-3-11(2)20(13-6-7-26(23,24)10-13)16(21)9-25-17(22)14-8-12(18)4-5-15(14)19/h4-5,8,11,13H,3,6-7,9-10,19H2,1-2H3/t11-,13-/m1/s1. The molecule has 1 aromatic rings. The predicted octanol–water partition coefficient (Wildman–Crippen LogP) is 1.89. The van der Waals surface area contributed by atoms with E-state index in [0.717, 1.165) is 0 Å². The fraction of sp³-hybridized carbons (Fsp3) is 0.529. The number of sulfone groups is 1. The minimum Gasteiger partial charge on any atom is -0.452 e. The van der Waals surface area contributed by atoms with Crippen molar-refractivity contribution < 1.29 is 22.7 Å². The van der Waals surface area contributed by atoms with Gasteiger partial charge in [0.2, 0.25) is 0 Å². The Labute approximate surface area is 158 Å². The predicted molar refractivity (Wildman–Crippen MR) is 99.8 cm³/mol. The summed E-state index contributed by atoms with van der Waals surface area (Å²) in [5, 5.41) is 0.329. The molecular formula is C17H23ClN2O5S. The van der Waals surface area contributed by atoms with Crippen LogP contribution in [0.1, 0.15) is 37.0 Å². The fourth-order valence-electron chi connectivity index (χ4n) is 2.99. The quantitative estimate of drug-likeness (QED) is 0.575. The Morgan fingerprint density at radius 2 is 2.12 bits per heavy atom. The molecule has 1 fully saturated rings. The number of hydrogen-bond acceptors (Lipinski definition) is 6. The van der Waals surface area contributed by atoms with Gasteiger partial charge in [-0.25, -0.2) is 13.2 Å². The van der Waals surface area contributed by atoms with Crippen molar-refractivity contribution in [2.75, 3.05) is 23.8 Å². The molecule has 144 valence electrons. The van der Waals surface area contributed by atoms with Gasteiger partial charge in [0.1, 0.15) is 0 Å². The van der Waals surface area contributed by atoms with Gasteiger partial charge in [-0.1, -0.05) is 18.5 Å². The number of halogens is 1. The van der Waals surface area contributed by atoms with Gasteiger partial charge in [0.25, 0.3) is 5.91 Å². The van der Waals surface area contributed by atoms with E-state index < -0.39 is 34.4 Å². The Bertz CT molecular complexity index is 796. The zero-order valence-corrected chi connectivity index (χ0v) is 16.3. The molecule has 7 nitrogen and oxygen atoms in total. The van der Waals surface area contributed by atoms with Crippen molar-refractivity contribution in [2.45, 2.75) is 38.8 Å². The Kier molecular flexibility index (Phi) is 6.52. The van der Waals surface area contributed by atoms with Crippen LogP contribution >= 0.6 is 11.6 Å². The molecule has 2 rings (SSSR count). The topological polar surface area (TPSA) is 107 Å². The Hall–Kier alpha value is -1.80. The van der Waals surface area contributed by atoms with Crippen molar-refractivity contribution >= 4 is 39.0 Å². The maximum absolute atomic E-state index is 12.6. The van der Waals surface area contributed by atoms with Crippen LogP contribution in [0.15, 0.2) is 18.2 Å². The highest BCUT2D eigenvalue weighted by Gasteiger charge is 2.36. The lowest BCUT2D eigenvalue weighted by molar-refractivity contribution is -0.138. The zero-order valence-electron chi connectivity index (χ0n) is 14.8. The van der Waals surface area contributed by atoms with Crippen LogP contribution in [0.3, 0.4) is 0 Å². The summed E-state index contributed by atoms with van der Waals surface area (Å²) in [6, 6.07) is 3.85. The van der Waals surface area contributed by atoms with Crippen LogP contribution < -0.4 is 5.73 Å². The van der Waals surface area contributed by atoms with Crippen molar-refractivity contribution in [3.05, 3.63) is 28.8 Å². The maximum atomic E-state index is 12.6. The van der Waals surface area contributed by atoms with Crippen LogP contribution in [-0.2, 0) is 19.4 Å². The summed E-state index contributed by atoms with van der Waals surface area (Å²) in [6.07, 6.45) is 1.06. The van der Waals surface area contributed by atoms with Crippen LogP contribution in [-0.4, -0.2) is 55.4 Å². The van der Waals surface area contributed by atoms with Crippen LogP contribution in [0.5, 0.6) is 0 Å². The monoisotopic (exact) mass is 402 g/mol. The summed E-state index contributed by atoms with van der Waals surface area (Å²) in [5.74, 6) is -1.16. The van der Waals surface area contributed by atoms with E-state index in [1.54, 1.807) is 6.07 Å². The summed E-state index contributed by atoms with van der Waals surface area (Å²) < 4.78 is 28.6. The van der Waals surface area contributed by atoms with Crippen LogP contribution in [0.4, 0.5) is 5.69 Å². The zero-order chi connectivity index (χ0) is 19.5. The van der Waals surface area contributed by atoms with E-state index in [-0.39, 0.29) is 28.8 Å². The third kappa shape index (κ3) is 4.88. The average molecular weight is 403 g/mol. The minimum absolute atomic E-state index is 0.0573. The third-order valence-electron chi connectivity index (χ3n) is 4.52. The van der Waals surface area contributed by atoms with Crippen molar-refractivity contribution in [2.24, 2.45) is 0 Å². The van der Waals surface area contributed by atoms with Crippen LogP contribution in [0.2, 0.25) is 5.02 Å². The molecule has 9 heteroatoms. The fourth-order valence-corrected chi connectivity index (χ4v) is 4.87. The minimum atomic E-state index is -3.13. The Morgan fingerprint density at radius 3 is 2.69 bits per heavy atom. The second-order valence-corrected chi connectivity index (χ2v) is 9.09. The van der Waals surface area contributed by atoms with Gasteiger partial charge in [-0.05, 0) is 38.0 Å². The first-order valence-corrected chi connectivity index (χ1v) is 10.6. The maximum Gasteiger partial charge on any atom is 0.340 e. The molecule has 1 amide bonds. The third-order valence-corrected chi connectivity index (χ3v) is 6.50. The molecule has 1 saturated heterocycles. The molecule has 26 heavy (non-hydrogen) atoms. The highest BCUT2D eigenvalue weighted by Crippen LogP contribution is 2.22. The summed E-state index contributed by atoms with van der Waals surface area (Å²) in [4.78, 5) is 26.3. The van der Waals surface area contributed by atoms with Crippen LogP contribution in [0.25, 0.3) is 0 Å². The first-order chi connectivity index (χ1) is 12.1. The first kappa shape index (κ1) is 20.5. The summed E-state index contributed by atoms with van der Waals surface area (Å²) in [7, 11) is -3.13. The number of anilines is 1. The lowest BCUT2D eigenvalue weighted by atomic mass is 10.1. The van der Waals surface area contributed by atoms with Gasteiger partial charge in [-0.2, -0.15) is 0 Å². The van der Waals surface area contributed by atoms with E-state index >= 15 is 0 Å². The number of nitrogen functional groups attached to an aromatic ring is 1. The van der Waals surface area contributed by atoms with Crippen molar-refractivity contribution in [1.29, 1.82) is 0 Å². The number of nitrogens with two attached hydrogens (primary N) is 1. The lowest BCUT2D eigenvalue weighted by Gasteiger charge is -2.33. The van der Waals surface area contributed by atoms with Crippen molar-refractivity contribution in [3.8, 4) is 0 Å². The molecule has 0 spiro atoms. The molecule has 2 atom stereocenters. The number of esters is 1. The highest BCUT2D eigenvalue weighted by atomic mass is 35.5. The number of carbonyl (C=O) groups is 2. The first-order valence-electron chi connectivity index (χ1n) is 8.38. The summed E-state index contributed by atoms with van der Waals surface area (Å²) in [5.41, 5.74) is 6.02. The largest absolute Gasteiger partial charge is 0.452 e. The van der Waals surface area contributed by atoms with Gasteiger partial charge >= 0.3 is 5.97 Å². The van der Waals surface area contributed by atoms with E-state index in [2.05, 4.69) is 0 Å². The normalized spacial score (nSPS) is 19.7. The van der Waals surface area contributed by atoms with E-state index in [0.29, 0.717) is 17.9 Å². The van der Waals surface area contributed by atoms with Crippen molar-refractivity contribution in [3.63, 3.8) is 0 Å². The molecule has 1 heterocycles. The van der Waals surface area contributed by atoms with Gasteiger partial charge in [-0.15, -0.1) is 0 Å². The molecule has 1 aromatic carbocycles. The van der Waals surface area contributed by atoms with E-state index in [1.807, 2.05) is 13.8 Å². The number of benzene rings is 1. The van der Waals surface area contributed by atoms with Gasteiger partial charge in [0, 0.05) is 22.8 Å². The average Bonchev–Trinajstić information content (AvgIpc) is 2.94. The van der Waals surface area contributed by atoms with E-state index in [9.17, 15) is 18.0 Å². The number of hydrogen-bond donors (Lipinski definition) is 1. The van der Waals surface area contributed by atoms with Crippen LogP contribution in [0, 0.1) is 0 Å². The van der Waals surface area contributed by atoms with Crippen molar-refractivity contribution in [1.82, 2.24) is 4.90 Å². The number of nitrogens with zero attached hydrogens (tertiary/aromatic N) is 1. The second-order valence-electron chi connectivity index (χ2n) is 6.42. The molecular weight excluding hydrogens is 380 g/mol. The van der Waals surface area contributed by atoms with E-state index in [4.69, 9.17) is 22.1 Å². The number of rotatable bonds is 6. The summed E-state index contributed by atoms with van der Waals surface area (Å²) >= 11 is 5.85. The molecule has 0 radical (unpaired) electrons. The second kappa shape index (κ2) is 8.26. The Morgan fingerprint density at radius 1 is 1.42 bits per heavy atom. The van der Waals surface area contributed by atoms with Gasteiger partial charge in [-0.3, -0.25) is 4.79 Å². The number of carbonyl (C=O) groups excluding carboxylic acids is 2. The summed E-state index contributed by atoms with van der Waals surface area (Å²) in [6.45, 7) is 3.28. The smallest absolute Gasteiger partial charge is 0.340 e. The van der Waals surface area contributed by atoms with E-state index in [1.165, 1.54) is 17.0 Å². The molecule has 0 saturated carbocycles. The molecule has 0 aliphatic carbocycles. The van der Waals surface area contributed by atoms with Gasteiger partial charge in [0.05, 0.1) is 17.1 Å². The van der Waals surface area contributed by atoms with Gasteiger partial charge in [0.15, 0.2) is 16.4 Å². The molecule has 2 N–H and O–H groups in total.